The van der Waals surface area contributed by atoms with E-state index in [0.29, 0.717) is 6.04 Å². The van der Waals surface area contributed by atoms with E-state index in [2.05, 4.69) is 10.4 Å². The van der Waals surface area contributed by atoms with E-state index in [-0.39, 0.29) is 5.56 Å². The maximum Gasteiger partial charge on any atom is 0.266 e. The summed E-state index contributed by atoms with van der Waals surface area (Å²) in [5.74, 6) is 0. The molecule has 14 heavy (non-hydrogen) atoms. The number of nitrogens with zero attached hydrogens (tertiary/aromatic N) is 1. The minimum Gasteiger partial charge on any atom is -0.312 e. The molecule has 0 bridgehead atoms. The highest BCUT2D eigenvalue weighted by Gasteiger charge is 2.13. The van der Waals surface area contributed by atoms with Gasteiger partial charge < -0.3 is 5.32 Å². The molecule has 2 heterocycles. The molecule has 78 valence electrons. The second-order valence-corrected chi connectivity index (χ2v) is 4.03. The summed E-state index contributed by atoms with van der Waals surface area (Å²) in [6.45, 7) is 3.76. The first-order valence-corrected chi connectivity index (χ1v) is 5.25. The Morgan fingerprint density at radius 2 is 2.43 bits per heavy atom. The first-order valence-electron chi connectivity index (χ1n) is 5.25. The molecule has 0 spiro atoms. The van der Waals surface area contributed by atoms with Gasteiger partial charge in [0.15, 0.2) is 0 Å². The van der Waals surface area contributed by atoms with Crippen molar-refractivity contribution in [1.82, 2.24) is 15.1 Å². The van der Waals surface area contributed by atoms with Gasteiger partial charge in [-0.1, -0.05) is 6.42 Å². The van der Waals surface area contributed by atoms with Crippen LogP contribution in [0.15, 0.2) is 10.9 Å². The lowest BCUT2D eigenvalue weighted by molar-refractivity contribution is 0.347. The zero-order chi connectivity index (χ0) is 9.97. The third-order valence-corrected chi connectivity index (χ3v) is 2.73. The number of rotatable bonds is 2. The topological polar surface area (TPSA) is 49.8 Å². The molecule has 0 amide bonds. The average molecular weight is 195 g/mol. The van der Waals surface area contributed by atoms with Crippen LogP contribution in [0.3, 0.4) is 0 Å². The fraction of sp³-hybridized carbons (Fsp3) is 0.700. The Morgan fingerprint density at radius 3 is 3.00 bits per heavy atom. The Morgan fingerprint density at radius 1 is 1.57 bits per heavy atom. The molecule has 1 fully saturated rings. The molecular weight excluding hydrogens is 178 g/mol. The van der Waals surface area contributed by atoms with Crippen molar-refractivity contribution in [2.24, 2.45) is 0 Å². The van der Waals surface area contributed by atoms with Gasteiger partial charge in [0.05, 0.1) is 6.54 Å². The standard InChI is InChI=1S/C10H17N3O/c1-8-6-10(14)13(12-8)7-9-4-2-3-5-11-9/h6,9,11-12H,2-5,7H2,1H3/t9-/m1/s1. The largest absolute Gasteiger partial charge is 0.312 e. The predicted molar refractivity (Wildman–Crippen MR) is 55.4 cm³/mol. The third-order valence-electron chi connectivity index (χ3n) is 2.73. The van der Waals surface area contributed by atoms with Gasteiger partial charge in [-0.2, -0.15) is 0 Å². The number of hydrogen-bond donors (Lipinski definition) is 2. The summed E-state index contributed by atoms with van der Waals surface area (Å²) in [6.07, 6.45) is 3.70. The summed E-state index contributed by atoms with van der Waals surface area (Å²) in [7, 11) is 0. The number of H-pyrrole nitrogens is 1. The van der Waals surface area contributed by atoms with Crippen molar-refractivity contribution in [3.05, 3.63) is 22.1 Å². The van der Waals surface area contributed by atoms with E-state index < -0.39 is 0 Å². The molecule has 1 aromatic heterocycles. The third kappa shape index (κ3) is 2.07. The normalized spacial score (nSPS) is 22.5. The van der Waals surface area contributed by atoms with Crippen LogP contribution >= 0.6 is 0 Å². The molecule has 0 unspecified atom stereocenters. The molecule has 4 heteroatoms. The first-order chi connectivity index (χ1) is 6.75. The van der Waals surface area contributed by atoms with Crippen LogP contribution in [-0.4, -0.2) is 22.4 Å². The average Bonchev–Trinajstić information content (AvgIpc) is 2.47. The van der Waals surface area contributed by atoms with Gasteiger partial charge in [-0.05, 0) is 26.3 Å². The van der Waals surface area contributed by atoms with Crippen molar-refractivity contribution in [3.8, 4) is 0 Å². The van der Waals surface area contributed by atoms with Crippen molar-refractivity contribution < 1.29 is 0 Å². The molecule has 1 saturated heterocycles. The van der Waals surface area contributed by atoms with Crippen LogP contribution in [-0.2, 0) is 6.54 Å². The summed E-state index contributed by atoms with van der Waals surface area (Å²) in [5, 5.41) is 6.48. The van der Waals surface area contributed by atoms with E-state index in [1.165, 1.54) is 19.3 Å². The van der Waals surface area contributed by atoms with Crippen LogP contribution in [0.1, 0.15) is 25.0 Å². The van der Waals surface area contributed by atoms with E-state index in [1.807, 2.05) is 6.92 Å². The lowest BCUT2D eigenvalue weighted by Gasteiger charge is -2.23. The van der Waals surface area contributed by atoms with Gasteiger partial charge in [-0.15, -0.1) is 0 Å². The number of piperidine rings is 1. The Hall–Kier alpha value is -1.03. The second kappa shape index (κ2) is 4.00. The molecule has 0 aliphatic carbocycles. The number of aromatic amines is 1. The number of aryl methyl sites for hydroxylation is 1. The summed E-state index contributed by atoms with van der Waals surface area (Å²) >= 11 is 0. The van der Waals surface area contributed by atoms with Crippen LogP contribution in [0.4, 0.5) is 0 Å². The minimum absolute atomic E-state index is 0.0786. The molecule has 4 nitrogen and oxygen atoms in total. The van der Waals surface area contributed by atoms with Gasteiger partial charge >= 0.3 is 0 Å². The van der Waals surface area contributed by atoms with E-state index >= 15 is 0 Å². The van der Waals surface area contributed by atoms with Crippen molar-refractivity contribution in [2.75, 3.05) is 6.54 Å². The zero-order valence-corrected chi connectivity index (χ0v) is 8.55. The van der Waals surface area contributed by atoms with Crippen molar-refractivity contribution in [3.63, 3.8) is 0 Å². The first kappa shape index (κ1) is 9.52. The summed E-state index contributed by atoms with van der Waals surface area (Å²) < 4.78 is 1.69. The van der Waals surface area contributed by atoms with Crippen molar-refractivity contribution in [1.29, 1.82) is 0 Å². The molecule has 0 radical (unpaired) electrons. The zero-order valence-electron chi connectivity index (χ0n) is 8.55. The van der Waals surface area contributed by atoms with E-state index in [4.69, 9.17) is 0 Å². The van der Waals surface area contributed by atoms with Gasteiger partial charge in [0, 0.05) is 17.8 Å². The van der Waals surface area contributed by atoms with Crippen LogP contribution in [0.5, 0.6) is 0 Å². The number of hydrogen-bond acceptors (Lipinski definition) is 2. The van der Waals surface area contributed by atoms with E-state index in [0.717, 1.165) is 18.8 Å². The minimum atomic E-state index is 0.0786. The molecule has 1 atom stereocenters. The predicted octanol–water partition coefficient (Wildman–Crippen LogP) is 0.627. The molecule has 1 aliphatic rings. The van der Waals surface area contributed by atoms with Gasteiger partial charge in [0.25, 0.3) is 5.56 Å². The van der Waals surface area contributed by atoms with Crippen LogP contribution in [0.25, 0.3) is 0 Å². The Bertz CT molecular complexity index is 346. The molecule has 0 aromatic carbocycles. The highest BCUT2D eigenvalue weighted by molar-refractivity contribution is 4.96. The molecule has 0 saturated carbocycles. The molecule has 2 N–H and O–H groups in total. The SMILES string of the molecule is Cc1cc(=O)n(C[C@H]2CCCCN2)[nH]1. The highest BCUT2D eigenvalue weighted by atomic mass is 16.1. The van der Waals surface area contributed by atoms with Crippen molar-refractivity contribution in [2.45, 2.75) is 38.8 Å². The molecule has 2 rings (SSSR count). The van der Waals surface area contributed by atoms with Crippen LogP contribution < -0.4 is 10.9 Å². The number of nitrogens with one attached hydrogen (secondary N) is 2. The van der Waals surface area contributed by atoms with E-state index in [9.17, 15) is 4.79 Å². The Kier molecular flexibility index (Phi) is 2.72. The van der Waals surface area contributed by atoms with Gasteiger partial charge in [-0.25, -0.2) is 0 Å². The molecule has 1 aliphatic heterocycles. The fourth-order valence-corrected chi connectivity index (χ4v) is 2.00. The monoisotopic (exact) mass is 195 g/mol. The maximum absolute atomic E-state index is 11.4. The lowest BCUT2D eigenvalue weighted by Crippen LogP contribution is -2.39. The van der Waals surface area contributed by atoms with Gasteiger partial charge in [0.2, 0.25) is 0 Å². The lowest BCUT2D eigenvalue weighted by atomic mass is 10.1. The highest BCUT2D eigenvalue weighted by Crippen LogP contribution is 2.07. The van der Waals surface area contributed by atoms with Gasteiger partial charge in [-0.3, -0.25) is 14.6 Å². The fourth-order valence-electron chi connectivity index (χ4n) is 2.00. The summed E-state index contributed by atoms with van der Waals surface area (Å²) in [4.78, 5) is 11.4. The van der Waals surface area contributed by atoms with E-state index in [1.54, 1.807) is 10.7 Å². The molecular formula is C10H17N3O. The Balaban J connectivity index is 2.02. The van der Waals surface area contributed by atoms with Crippen LogP contribution in [0.2, 0.25) is 0 Å². The second-order valence-electron chi connectivity index (χ2n) is 4.03. The van der Waals surface area contributed by atoms with Crippen LogP contribution in [0, 0.1) is 6.92 Å². The quantitative estimate of drug-likeness (QED) is 0.727. The van der Waals surface area contributed by atoms with Crippen molar-refractivity contribution >= 4 is 0 Å². The molecule has 1 aromatic rings. The van der Waals surface area contributed by atoms with Gasteiger partial charge in [0.1, 0.15) is 0 Å². The smallest absolute Gasteiger partial charge is 0.266 e. The maximum atomic E-state index is 11.4. The summed E-state index contributed by atoms with van der Waals surface area (Å²) in [5.41, 5.74) is 1.01. The number of aromatic nitrogens is 2. The summed E-state index contributed by atoms with van der Waals surface area (Å²) in [6, 6.07) is 2.10. The Labute approximate surface area is 83.3 Å².